The van der Waals surface area contributed by atoms with E-state index < -0.39 is 11.0 Å². The third-order valence-electron chi connectivity index (χ3n) is 9.49. The number of nitrogens with zero attached hydrogens (tertiary/aromatic N) is 3. The molecule has 7 nitrogen and oxygen atoms in total. The fraction of sp³-hybridized carbons (Fsp3) is 0.567. The molecule has 206 valence electrons. The molecule has 1 aromatic carbocycles. The maximum atomic E-state index is 13.7. The number of rotatable bonds is 7. The fourth-order valence-corrected chi connectivity index (χ4v) is 7.26. The average Bonchev–Trinajstić information content (AvgIpc) is 3.16. The van der Waals surface area contributed by atoms with Gasteiger partial charge in [0.05, 0.1) is 6.54 Å². The third kappa shape index (κ3) is 5.33. The number of hydrogen-bond donors (Lipinski definition) is 2. The van der Waals surface area contributed by atoms with Gasteiger partial charge in [0.2, 0.25) is 0 Å². The molecule has 2 saturated carbocycles. The number of aryl methyl sites for hydroxylation is 2. The van der Waals surface area contributed by atoms with Gasteiger partial charge in [-0.25, -0.2) is 4.98 Å². The quantitative estimate of drug-likeness (QED) is 0.548. The first-order chi connectivity index (χ1) is 17.7. The van der Waals surface area contributed by atoms with Crippen LogP contribution in [0.4, 0.5) is 5.82 Å². The van der Waals surface area contributed by atoms with Crippen molar-refractivity contribution in [3.05, 3.63) is 53.7 Å². The highest BCUT2D eigenvalue weighted by molar-refractivity contribution is 5.92. The SMILES string of the molecule is Cc1ccc(O)cc1CCC1CC(=O)CC2(C)C1CC[C@]2(O)C(=O)CN1CCN(c2ccccn2)CC1.Cl. The van der Waals surface area contributed by atoms with Gasteiger partial charge in [-0.05, 0) is 79.8 Å². The van der Waals surface area contributed by atoms with Crippen molar-refractivity contribution in [2.75, 3.05) is 37.6 Å². The zero-order valence-electron chi connectivity index (χ0n) is 22.4. The first-order valence-electron chi connectivity index (χ1n) is 13.6. The Hall–Kier alpha value is -2.48. The predicted octanol–water partition coefficient (Wildman–Crippen LogP) is 3.97. The van der Waals surface area contributed by atoms with Crippen LogP contribution in [0, 0.1) is 24.2 Å². The van der Waals surface area contributed by atoms with Gasteiger partial charge in [0.1, 0.15) is 23.0 Å². The Balaban J connectivity index is 0.00000336. The van der Waals surface area contributed by atoms with Crippen LogP contribution in [0.25, 0.3) is 0 Å². The van der Waals surface area contributed by atoms with Crippen LogP contribution in [0.3, 0.4) is 0 Å². The van der Waals surface area contributed by atoms with Crippen molar-refractivity contribution in [3.63, 3.8) is 0 Å². The van der Waals surface area contributed by atoms with E-state index in [0.717, 1.165) is 62.4 Å². The molecular formula is C30H40ClN3O4. The molecule has 5 rings (SSSR count). The summed E-state index contributed by atoms with van der Waals surface area (Å²) in [6.07, 6.45) is 5.36. The number of hydrogen-bond acceptors (Lipinski definition) is 7. The first-order valence-corrected chi connectivity index (χ1v) is 13.6. The third-order valence-corrected chi connectivity index (χ3v) is 9.49. The van der Waals surface area contributed by atoms with Crippen molar-refractivity contribution in [2.24, 2.45) is 17.3 Å². The summed E-state index contributed by atoms with van der Waals surface area (Å²) >= 11 is 0. The molecule has 0 amide bonds. The van der Waals surface area contributed by atoms with Gasteiger partial charge in [-0.3, -0.25) is 14.5 Å². The molecule has 4 atom stereocenters. The zero-order valence-corrected chi connectivity index (χ0v) is 23.3. The normalized spacial score (nSPS) is 29.6. The van der Waals surface area contributed by atoms with Crippen LogP contribution in [0.2, 0.25) is 0 Å². The number of aromatic nitrogens is 1. The number of ketones is 2. The summed E-state index contributed by atoms with van der Waals surface area (Å²) in [5.74, 6) is 1.49. The van der Waals surface area contributed by atoms with Crippen molar-refractivity contribution in [1.82, 2.24) is 9.88 Å². The maximum absolute atomic E-state index is 13.7. The lowest BCUT2D eigenvalue weighted by Gasteiger charge is -2.48. The van der Waals surface area contributed by atoms with E-state index in [1.807, 2.05) is 38.1 Å². The predicted molar refractivity (Wildman–Crippen MR) is 150 cm³/mol. The Morgan fingerprint density at radius 3 is 2.63 bits per heavy atom. The molecule has 2 N–H and O–H groups in total. The minimum absolute atomic E-state index is 0. The summed E-state index contributed by atoms with van der Waals surface area (Å²) in [6, 6.07) is 11.3. The summed E-state index contributed by atoms with van der Waals surface area (Å²) in [7, 11) is 0. The van der Waals surface area contributed by atoms with Crippen molar-refractivity contribution < 1.29 is 19.8 Å². The number of phenolic OH excluding ortho intramolecular Hbond substituents is 1. The van der Waals surface area contributed by atoms with E-state index in [2.05, 4.69) is 14.8 Å². The molecular weight excluding hydrogens is 502 g/mol. The molecule has 3 unspecified atom stereocenters. The minimum Gasteiger partial charge on any atom is -0.508 e. The second kappa shape index (κ2) is 11.3. The van der Waals surface area contributed by atoms with Gasteiger partial charge in [0.15, 0.2) is 5.78 Å². The van der Waals surface area contributed by atoms with E-state index in [4.69, 9.17) is 0 Å². The number of phenols is 1. The lowest BCUT2D eigenvalue weighted by atomic mass is 9.57. The number of fused-ring (bicyclic) bond motifs is 1. The van der Waals surface area contributed by atoms with Crippen LogP contribution in [0.15, 0.2) is 42.6 Å². The fourth-order valence-electron chi connectivity index (χ4n) is 7.26. The largest absolute Gasteiger partial charge is 0.508 e. The minimum atomic E-state index is -1.47. The van der Waals surface area contributed by atoms with Crippen LogP contribution >= 0.6 is 12.4 Å². The van der Waals surface area contributed by atoms with Crippen LogP contribution in [0.5, 0.6) is 5.75 Å². The molecule has 0 spiro atoms. The number of aromatic hydroxyl groups is 1. The molecule has 1 aromatic heterocycles. The second-order valence-electron chi connectivity index (χ2n) is 11.6. The zero-order chi connectivity index (χ0) is 26.2. The van der Waals surface area contributed by atoms with Gasteiger partial charge in [-0.1, -0.05) is 19.1 Å². The van der Waals surface area contributed by atoms with E-state index >= 15 is 0 Å². The van der Waals surface area contributed by atoms with Gasteiger partial charge in [-0.15, -0.1) is 12.4 Å². The molecule has 0 radical (unpaired) electrons. The molecule has 38 heavy (non-hydrogen) atoms. The molecule has 1 saturated heterocycles. The second-order valence-corrected chi connectivity index (χ2v) is 11.6. The van der Waals surface area contributed by atoms with Crippen molar-refractivity contribution in [1.29, 1.82) is 0 Å². The van der Waals surface area contributed by atoms with E-state index in [-0.39, 0.29) is 54.5 Å². The van der Waals surface area contributed by atoms with Gasteiger partial charge in [0.25, 0.3) is 0 Å². The molecule has 2 aliphatic carbocycles. The number of piperazine rings is 1. The van der Waals surface area contributed by atoms with Crippen molar-refractivity contribution in [2.45, 2.75) is 58.0 Å². The number of Topliss-reactive ketones (excluding diaryl/α,β-unsaturated/α-hetero) is 2. The number of halogens is 1. The molecule has 2 aromatic rings. The van der Waals surface area contributed by atoms with Crippen LogP contribution in [-0.4, -0.2) is 70.0 Å². The first kappa shape index (κ1) is 28.5. The Bertz CT molecular complexity index is 1150. The Labute approximate surface area is 231 Å². The number of benzene rings is 1. The number of carbonyl (C=O) groups is 2. The summed E-state index contributed by atoms with van der Waals surface area (Å²) in [4.78, 5) is 35.4. The van der Waals surface area contributed by atoms with E-state index in [0.29, 0.717) is 12.8 Å². The number of aliphatic hydroxyl groups is 1. The Morgan fingerprint density at radius 1 is 1.16 bits per heavy atom. The monoisotopic (exact) mass is 541 g/mol. The number of anilines is 1. The van der Waals surface area contributed by atoms with Crippen LogP contribution in [-0.2, 0) is 16.0 Å². The maximum Gasteiger partial charge on any atom is 0.178 e. The van der Waals surface area contributed by atoms with Crippen LogP contribution in [0.1, 0.15) is 50.2 Å². The van der Waals surface area contributed by atoms with E-state index in [1.165, 1.54) is 0 Å². The van der Waals surface area contributed by atoms with E-state index in [9.17, 15) is 19.8 Å². The Kier molecular flexibility index (Phi) is 8.50. The van der Waals surface area contributed by atoms with Crippen LogP contribution < -0.4 is 4.90 Å². The van der Waals surface area contributed by atoms with Gasteiger partial charge < -0.3 is 15.1 Å². The summed E-state index contributed by atoms with van der Waals surface area (Å²) in [5.41, 5.74) is 0.0246. The summed E-state index contributed by atoms with van der Waals surface area (Å²) < 4.78 is 0. The molecule has 8 heteroatoms. The van der Waals surface area contributed by atoms with Gasteiger partial charge in [0, 0.05) is 50.6 Å². The highest BCUT2D eigenvalue weighted by Crippen LogP contribution is 2.59. The standard InChI is InChI=1S/C30H39N3O4.ClH/c1-21-6-9-24(34)17-22(21)7-8-23-18-25(35)19-29(2)26(23)10-11-30(29,37)27(36)20-32-13-15-33(16-14-32)28-5-3-4-12-31-28;/h3-6,9,12,17,23,26,34,37H,7-8,10-11,13-16,18-20H2,1-2H3;1H/t23?,26?,29?,30-;/m0./s1. The Morgan fingerprint density at radius 2 is 1.92 bits per heavy atom. The van der Waals surface area contributed by atoms with Gasteiger partial charge >= 0.3 is 0 Å². The molecule has 0 bridgehead atoms. The lowest BCUT2D eigenvalue weighted by Crippen LogP contribution is -2.58. The van der Waals surface area contributed by atoms with Crippen molar-refractivity contribution in [3.8, 4) is 5.75 Å². The molecule has 3 aliphatic rings. The summed E-state index contributed by atoms with van der Waals surface area (Å²) in [6.45, 7) is 7.29. The topological polar surface area (TPSA) is 94.0 Å². The number of carbonyl (C=O) groups excluding carboxylic acids is 2. The number of pyridine rings is 1. The molecule has 3 fully saturated rings. The lowest BCUT2D eigenvalue weighted by molar-refractivity contribution is -0.160. The smallest absolute Gasteiger partial charge is 0.178 e. The molecule has 2 heterocycles. The molecule has 1 aliphatic heterocycles. The highest BCUT2D eigenvalue weighted by Gasteiger charge is 2.63. The highest BCUT2D eigenvalue weighted by atomic mass is 35.5. The van der Waals surface area contributed by atoms with Crippen molar-refractivity contribution >= 4 is 29.8 Å². The average molecular weight is 542 g/mol. The summed E-state index contributed by atoms with van der Waals surface area (Å²) in [5, 5.41) is 21.8. The van der Waals surface area contributed by atoms with Gasteiger partial charge in [-0.2, -0.15) is 0 Å². The van der Waals surface area contributed by atoms with E-state index in [1.54, 1.807) is 18.3 Å².